The van der Waals surface area contributed by atoms with Crippen LogP contribution < -0.4 is 15.6 Å². The Hall–Kier alpha value is -4.08. The van der Waals surface area contributed by atoms with Gasteiger partial charge in [-0.05, 0) is 22.6 Å². The lowest BCUT2D eigenvalue weighted by Crippen LogP contribution is -2.25. The van der Waals surface area contributed by atoms with Gasteiger partial charge in [-0.25, -0.2) is 9.36 Å². The summed E-state index contributed by atoms with van der Waals surface area (Å²) in [5.41, 5.74) is 0.950. The third kappa shape index (κ3) is 3.07. The van der Waals surface area contributed by atoms with Crippen LogP contribution in [-0.2, 0) is 7.05 Å². The Morgan fingerprint density at radius 1 is 1.14 bits per heavy atom. The van der Waals surface area contributed by atoms with E-state index in [2.05, 4.69) is 25.9 Å². The summed E-state index contributed by atoms with van der Waals surface area (Å²) < 4.78 is 7.88. The Balaban J connectivity index is 1.75. The third-order valence-electron chi connectivity index (χ3n) is 4.17. The van der Waals surface area contributed by atoms with Crippen molar-refractivity contribution in [1.29, 1.82) is 0 Å². The number of carbonyl (C=O) groups excluding carboxylic acids is 1. The highest BCUT2D eigenvalue weighted by atomic mass is 16.5. The third-order valence-corrected chi connectivity index (χ3v) is 4.17. The lowest BCUT2D eigenvalue weighted by atomic mass is 10.1. The van der Waals surface area contributed by atoms with E-state index in [-0.39, 0.29) is 11.3 Å². The molecule has 10 nitrogen and oxygen atoms in total. The van der Waals surface area contributed by atoms with Gasteiger partial charge in [-0.15, -0.1) is 5.10 Å². The Morgan fingerprint density at radius 3 is 2.64 bits per heavy atom. The Kier molecular flexibility index (Phi) is 4.28. The normalized spacial score (nSPS) is 10.8. The highest BCUT2D eigenvalue weighted by Gasteiger charge is 2.16. The predicted octanol–water partition coefficient (Wildman–Crippen LogP) is 1.17. The van der Waals surface area contributed by atoms with E-state index in [0.29, 0.717) is 27.9 Å². The number of carbonyl (C=O) groups is 1. The second kappa shape index (κ2) is 6.91. The molecule has 1 amide bonds. The van der Waals surface area contributed by atoms with Crippen LogP contribution in [-0.4, -0.2) is 43.0 Å². The largest absolute Gasteiger partial charge is 0.497 e. The van der Waals surface area contributed by atoms with Gasteiger partial charge in [0.05, 0.1) is 18.2 Å². The molecule has 2 aromatic carbocycles. The molecule has 4 aromatic rings. The number of hydrogen-bond acceptors (Lipinski definition) is 7. The van der Waals surface area contributed by atoms with Crippen LogP contribution in [0.5, 0.6) is 5.75 Å². The van der Waals surface area contributed by atoms with Crippen molar-refractivity contribution >= 4 is 22.4 Å². The number of fused-ring (bicyclic) bond motifs is 1. The van der Waals surface area contributed by atoms with Crippen LogP contribution in [0.15, 0.2) is 53.6 Å². The Labute approximate surface area is 158 Å². The summed E-state index contributed by atoms with van der Waals surface area (Å²) in [5, 5.41) is 18.9. The summed E-state index contributed by atoms with van der Waals surface area (Å²) in [6, 6.07) is 11.9. The summed E-state index contributed by atoms with van der Waals surface area (Å²) in [4.78, 5) is 25.2. The predicted molar refractivity (Wildman–Crippen MR) is 101 cm³/mol. The maximum absolute atomic E-state index is 12.9. The lowest BCUT2D eigenvalue weighted by Gasteiger charge is -2.11. The number of ether oxygens (including phenoxy) is 1. The smallest absolute Gasteiger partial charge is 0.276 e. The summed E-state index contributed by atoms with van der Waals surface area (Å²) in [7, 11) is 3.03. The van der Waals surface area contributed by atoms with Crippen molar-refractivity contribution in [2.45, 2.75) is 0 Å². The first kappa shape index (κ1) is 17.3. The summed E-state index contributed by atoms with van der Waals surface area (Å²) in [6.45, 7) is 0. The molecule has 0 aliphatic carbocycles. The zero-order valence-corrected chi connectivity index (χ0v) is 15.0. The van der Waals surface area contributed by atoms with Gasteiger partial charge in [-0.1, -0.05) is 18.2 Å². The summed E-state index contributed by atoms with van der Waals surface area (Å²) in [6.07, 6.45) is 1.43. The molecule has 28 heavy (non-hydrogen) atoms. The van der Waals surface area contributed by atoms with E-state index >= 15 is 0 Å². The second-order valence-electron chi connectivity index (χ2n) is 5.95. The molecule has 0 aliphatic heterocycles. The van der Waals surface area contributed by atoms with E-state index in [1.807, 2.05) is 0 Å². The monoisotopic (exact) mass is 377 g/mol. The molecular weight excluding hydrogens is 362 g/mol. The van der Waals surface area contributed by atoms with Crippen LogP contribution in [0.25, 0.3) is 16.5 Å². The average Bonchev–Trinajstić information content (AvgIpc) is 3.25. The van der Waals surface area contributed by atoms with Gasteiger partial charge in [0.1, 0.15) is 12.1 Å². The highest BCUT2D eigenvalue weighted by Crippen LogP contribution is 2.24. The number of nitrogens with zero attached hydrogens (tertiary/aromatic N) is 6. The van der Waals surface area contributed by atoms with Gasteiger partial charge >= 0.3 is 0 Å². The fourth-order valence-electron chi connectivity index (χ4n) is 2.84. The number of amides is 1. The minimum atomic E-state index is -0.456. The number of benzene rings is 2. The molecule has 140 valence electrons. The van der Waals surface area contributed by atoms with Gasteiger partial charge in [0.15, 0.2) is 5.69 Å². The molecule has 0 unspecified atom stereocenters. The topological polar surface area (TPSA) is 117 Å². The molecule has 4 rings (SSSR count). The van der Waals surface area contributed by atoms with Gasteiger partial charge in [0.2, 0.25) is 0 Å². The van der Waals surface area contributed by atoms with E-state index in [4.69, 9.17) is 4.74 Å². The zero-order chi connectivity index (χ0) is 19.7. The van der Waals surface area contributed by atoms with Crippen molar-refractivity contribution in [3.63, 3.8) is 0 Å². The van der Waals surface area contributed by atoms with Gasteiger partial charge in [0, 0.05) is 30.3 Å². The molecule has 2 heterocycles. The SMILES string of the molecule is COc1cc(NC(=O)c2nn(C)c(=O)c3ccccc23)cc(-n2cnnn2)c1. The molecule has 0 atom stereocenters. The summed E-state index contributed by atoms with van der Waals surface area (Å²) >= 11 is 0. The van der Waals surface area contributed by atoms with E-state index < -0.39 is 5.91 Å². The van der Waals surface area contributed by atoms with Crippen LogP contribution >= 0.6 is 0 Å². The molecular formula is C18H15N7O3. The van der Waals surface area contributed by atoms with E-state index in [1.54, 1.807) is 42.5 Å². The minimum Gasteiger partial charge on any atom is -0.497 e. The number of tetrazole rings is 1. The van der Waals surface area contributed by atoms with Crippen LogP contribution in [0.2, 0.25) is 0 Å². The Bertz CT molecular complexity index is 1230. The van der Waals surface area contributed by atoms with Crippen molar-refractivity contribution in [3.05, 3.63) is 64.8 Å². The van der Waals surface area contributed by atoms with E-state index in [9.17, 15) is 9.59 Å². The molecule has 10 heteroatoms. The number of nitrogens with one attached hydrogen (secondary N) is 1. The van der Waals surface area contributed by atoms with Gasteiger partial charge < -0.3 is 10.1 Å². The molecule has 0 spiro atoms. The molecule has 0 saturated heterocycles. The fraction of sp³-hybridized carbons (Fsp3) is 0.111. The highest BCUT2D eigenvalue weighted by molar-refractivity contribution is 6.11. The first-order valence-electron chi connectivity index (χ1n) is 8.26. The minimum absolute atomic E-state index is 0.143. The lowest BCUT2D eigenvalue weighted by molar-refractivity contribution is 0.102. The van der Waals surface area contributed by atoms with Gasteiger partial charge in [-0.2, -0.15) is 5.10 Å². The molecule has 0 fully saturated rings. The number of rotatable bonds is 4. The average molecular weight is 377 g/mol. The van der Waals surface area contributed by atoms with Crippen LogP contribution in [0.1, 0.15) is 10.5 Å². The van der Waals surface area contributed by atoms with Crippen LogP contribution in [0.3, 0.4) is 0 Å². The number of aryl methyl sites for hydroxylation is 1. The molecule has 0 aliphatic rings. The van der Waals surface area contributed by atoms with Gasteiger partial charge in [-0.3, -0.25) is 9.59 Å². The first-order chi connectivity index (χ1) is 13.6. The van der Waals surface area contributed by atoms with Crippen LogP contribution in [0.4, 0.5) is 5.69 Å². The zero-order valence-electron chi connectivity index (χ0n) is 15.0. The standard InChI is InChI=1S/C18H15N7O3/c1-24-18(27)15-6-4-3-5-14(15)16(21-24)17(26)20-11-7-12(9-13(8-11)28-2)25-10-19-22-23-25/h3-10H,1-2H3,(H,20,26). The molecule has 0 bridgehead atoms. The summed E-state index contributed by atoms with van der Waals surface area (Å²) in [5.74, 6) is 0.0595. The van der Waals surface area contributed by atoms with Crippen molar-refractivity contribution in [2.24, 2.45) is 7.05 Å². The maximum atomic E-state index is 12.9. The number of hydrogen-bond donors (Lipinski definition) is 1. The number of methoxy groups -OCH3 is 1. The van der Waals surface area contributed by atoms with E-state index in [1.165, 1.54) is 25.2 Å². The van der Waals surface area contributed by atoms with Crippen molar-refractivity contribution < 1.29 is 9.53 Å². The molecule has 0 saturated carbocycles. The van der Waals surface area contributed by atoms with Crippen LogP contribution in [0, 0.1) is 0 Å². The van der Waals surface area contributed by atoms with Gasteiger partial charge in [0.25, 0.3) is 11.5 Å². The maximum Gasteiger partial charge on any atom is 0.276 e. The van der Waals surface area contributed by atoms with Crippen molar-refractivity contribution in [3.8, 4) is 11.4 Å². The second-order valence-corrected chi connectivity index (χ2v) is 5.95. The fourth-order valence-corrected chi connectivity index (χ4v) is 2.84. The first-order valence-corrected chi connectivity index (χ1v) is 8.26. The van der Waals surface area contributed by atoms with Crippen molar-refractivity contribution in [2.75, 3.05) is 12.4 Å². The van der Waals surface area contributed by atoms with E-state index in [0.717, 1.165) is 4.68 Å². The quantitative estimate of drug-likeness (QED) is 0.567. The number of anilines is 1. The Morgan fingerprint density at radius 2 is 1.93 bits per heavy atom. The van der Waals surface area contributed by atoms with Crippen molar-refractivity contribution in [1.82, 2.24) is 30.0 Å². The molecule has 2 aromatic heterocycles. The number of aromatic nitrogens is 6. The molecule has 1 N–H and O–H groups in total. The molecule has 0 radical (unpaired) electrons.